The third kappa shape index (κ3) is 3.99. The third-order valence-corrected chi connectivity index (χ3v) is 2.15. The lowest BCUT2D eigenvalue weighted by Gasteiger charge is -1.96. The molecule has 1 aliphatic carbocycles. The summed E-state index contributed by atoms with van der Waals surface area (Å²) in [7, 11) is 0. The Kier molecular flexibility index (Phi) is 4.12. The zero-order chi connectivity index (χ0) is 11.3. The summed E-state index contributed by atoms with van der Waals surface area (Å²) < 4.78 is 0. The molecular formula is C11H15NO3. The standard InChI is InChI=1S/C7H7NO2.C4H8O/c8-6-4-2-1-3-5(6)7(9)10;5-3-4-1-2-4/h1-4H,8H2,(H,9,10);4-5H,1-3H2. The van der Waals surface area contributed by atoms with E-state index < -0.39 is 5.97 Å². The van der Waals surface area contributed by atoms with Crippen LogP contribution in [-0.4, -0.2) is 22.8 Å². The van der Waals surface area contributed by atoms with Gasteiger partial charge in [0.15, 0.2) is 0 Å². The molecular weight excluding hydrogens is 194 g/mol. The largest absolute Gasteiger partial charge is 0.478 e. The molecule has 15 heavy (non-hydrogen) atoms. The van der Waals surface area contributed by atoms with Crippen molar-refractivity contribution in [2.45, 2.75) is 12.8 Å². The SMILES string of the molecule is Nc1ccccc1C(=O)O.OCC1CC1. The summed E-state index contributed by atoms with van der Waals surface area (Å²) in [5.74, 6) is -0.298. The highest BCUT2D eigenvalue weighted by molar-refractivity contribution is 5.93. The van der Waals surface area contributed by atoms with Crippen LogP contribution < -0.4 is 5.73 Å². The van der Waals surface area contributed by atoms with Gasteiger partial charge in [0.05, 0.1) is 5.56 Å². The molecule has 0 aliphatic heterocycles. The van der Waals surface area contributed by atoms with E-state index in [1.165, 1.54) is 18.9 Å². The Bertz CT molecular complexity index is 334. The molecule has 0 unspecified atom stereocenters. The Morgan fingerprint density at radius 2 is 2.00 bits per heavy atom. The van der Waals surface area contributed by atoms with E-state index in [4.69, 9.17) is 15.9 Å². The number of carboxylic acid groups (broad SMARTS) is 1. The minimum atomic E-state index is -0.988. The maximum Gasteiger partial charge on any atom is 0.337 e. The second-order valence-corrected chi connectivity index (χ2v) is 3.52. The van der Waals surface area contributed by atoms with Gasteiger partial charge in [0.1, 0.15) is 0 Å². The van der Waals surface area contributed by atoms with Gasteiger partial charge in [-0.1, -0.05) is 12.1 Å². The van der Waals surface area contributed by atoms with Crippen LogP contribution in [0.2, 0.25) is 0 Å². The topological polar surface area (TPSA) is 83.6 Å². The van der Waals surface area contributed by atoms with Crippen molar-refractivity contribution in [1.82, 2.24) is 0 Å². The molecule has 0 amide bonds. The number of benzene rings is 1. The quantitative estimate of drug-likeness (QED) is 0.642. The van der Waals surface area contributed by atoms with E-state index in [1.54, 1.807) is 18.2 Å². The molecule has 1 aromatic carbocycles. The maximum atomic E-state index is 10.3. The molecule has 0 heterocycles. The number of aliphatic hydroxyl groups is 1. The highest BCUT2D eigenvalue weighted by Crippen LogP contribution is 2.27. The summed E-state index contributed by atoms with van der Waals surface area (Å²) in [4.78, 5) is 10.3. The molecule has 0 aromatic heterocycles. The van der Waals surface area contributed by atoms with E-state index in [9.17, 15) is 4.79 Å². The van der Waals surface area contributed by atoms with Gasteiger partial charge in [-0.15, -0.1) is 0 Å². The van der Waals surface area contributed by atoms with E-state index in [0.717, 1.165) is 0 Å². The third-order valence-electron chi connectivity index (χ3n) is 2.15. The van der Waals surface area contributed by atoms with Crippen LogP contribution in [0, 0.1) is 5.92 Å². The number of carboxylic acids is 1. The summed E-state index contributed by atoms with van der Waals surface area (Å²) in [6.45, 7) is 0.417. The Morgan fingerprint density at radius 1 is 1.40 bits per heavy atom. The van der Waals surface area contributed by atoms with Gasteiger partial charge in [-0.2, -0.15) is 0 Å². The molecule has 1 aromatic rings. The minimum Gasteiger partial charge on any atom is -0.478 e. The highest BCUT2D eigenvalue weighted by atomic mass is 16.4. The number of nitrogen functional groups attached to an aromatic ring is 1. The molecule has 0 bridgehead atoms. The number of anilines is 1. The zero-order valence-corrected chi connectivity index (χ0v) is 8.39. The van der Waals surface area contributed by atoms with Crippen molar-refractivity contribution >= 4 is 11.7 Å². The number of rotatable bonds is 2. The first-order chi connectivity index (χ1) is 7.15. The number of para-hydroxylation sites is 1. The summed E-state index contributed by atoms with van der Waals surface area (Å²) >= 11 is 0. The first-order valence-corrected chi connectivity index (χ1v) is 4.83. The predicted octanol–water partition coefficient (Wildman–Crippen LogP) is 1.36. The molecule has 0 spiro atoms. The van der Waals surface area contributed by atoms with Crippen LogP contribution in [0.1, 0.15) is 23.2 Å². The number of aliphatic hydroxyl groups excluding tert-OH is 1. The monoisotopic (exact) mass is 209 g/mol. The Hall–Kier alpha value is -1.55. The van der Waals surface area contributed by atoms with Crippen LogP contribution in [0.4, 0.5) is 5.69 Å². The predicted molar refractivity (Wildman–Crippen MR) is 57.6 cm³/mol. The van der Waals surface area contributed by atoms with Crippen LogP contribution >= 0.6 is 0 Å². The zero-order valence-electron chi connectivity index (χ0n) is 8.39. The van der Waals surface area contributed by atoms with Crippen molar-refractivity contribution in [3.63, 3.8) is 0 Å². The van der Waals surface area contributed by atoms with Crippen molar-refractivity contribution in [2.24, 2.45) is 5.92 Å². The van der Waals surface area contributed by atoms with Crippen molar-refractivity contribution in [2.75, 3.05) is 12.3 Å². The molecule has 2 rings (SSSR count). The fraction of sp³-hybridized carbons (Fsp3) is 0.364. The number of carbonyl (C=O) groups is 1. The lowest BCUT2D eigenvalue weighted by atomic mass is 10.2. The molecule has 4 heteroatoms. The van der Waals surface area contributed by atoms with Gasteiger partial charge >= 0.3 is 5.97 Å². The molecule has 0 atom stereocenters. The minimum absolute atomic E-state index is 0.155. The number of hydrogen-bond donors (Lipinski definition) is 3. The van der Waals surface area contributed by atoms with E-state index in [0.29, 0.717) is 18.2 Å². The lowest BCUT2D eigenvalue weighted by Crippen LogP contribution is -2.00. The molecule has 1 aliphatic rings. The molecule has 1 saturated carbocycles. The van der Waals surface area contributed by atoms with E-state index >= 15 is 0 Å². The summed E-state index contributed by atoms with van der Waals surface area (Å²) in [6.07, 6.45) is 2.52. The van der Waals surface area contributed by atoms with Crippen LogP contribution in [-0.2, 0) is 0 Å². The normalized spacial score (nSPS) is 13.9. The fourth-order valence-electron chi connectivity index (χ4n) is 0.992. The van der Waals surface area contributed by atoms with E-state index in [2.05, 4.69) is 0 Å². The van der Waals surface area contributed by atoms with Gasteiger partial charge < -0.3 is 15.9 Å². The number of nitrogens with two attached hydrogens (primary N) is 1. The van der Waals surface area contributed by atoms with Gasteiger partial charge in [-0.25, -0.2) is 4.79 Å². The molecule has 82 valence electrons. The van der Waals surface area contributed by atoms with Gasteiger partial charge in [0.2, 0.25) is 0 Å². The van der Waals surface area contributed by atoms with Crippen molar-refractivity contribution in [3.8, 4) is 0 Å². The molecule has 1 fully saturated rings. The first kappa shape index (κ1) is 11.5. The Balaban J connectivity index is 0.000000187. The van der Waals surface area contributed by atoms with Crippen molar-refractivity contribution in [1.29, 1.82) is 0 Å². The van der Waals surface area contributed by atoms with Gasteiger partial charge in [0, 0.05) is 12.3 Å². The van der Waals surface area contributed by atoms with Gasteiger partial charge in [0.25, 0.3) is 0 Å². The second kappa shape index (κ2) is 5.36. The Morgan fingerprint density at radius 3 is 2.27 bits per heavy atom. The summed E-state index contributed by atoms with van der Waals surface area (Å²) in [6, 6.07) is 6.36. The number of aromatic carboxylic acids is 1. The average Bonchev–Trinajstić information content (AvgIpc) is 3.02. The maximum absolute atomic E-state index is 10.3. The summed E-state index contributed by atoms with van der Waals surface area (Å²) in [5, 5.41) is 16.7. The van der Waals surface area contributed by atoms with Crippen LogP contribution in [0.25, 0.3) is 0 Å². The van der Waals surface area contributed by atoms with Crippen molar-refractivity contribution in [3.05, 3.63) is 29.8 Å². The summed E-state index contributed by atoms with van der Waals surface area (Å²) in [5.41, 5.74) is 5.80. The van der Waals surface area contributed by atoms with Gasteiger partial charge in [-0.3, -0.25) is 0 Å². The lowest BCUT2D eigenvalue weighted by molar-refractivity contribution is 0.0698. The molecule has 4 N–H and O–H groups in total. The molecule has 0 radical (unpaired) electrons. The van der Waals surface area contributed by atoms with E-state index in [-0.39, 0.29) is 5.56 Å². The van der Waals surface area contributed by atoms with Crippen molar-refractivity contribution < 1.29 is 15.0 Å². The van der Waals surface area contributed by atoms with Crippen LogP contribution in [0.15, 0.2) is 24.3 Å². The van der Waals surface area contributed by atoms with Crippen LogP contribution in [0.3, 0.4) is 0 Å². The van der Waals surface area contributed by atoms with Crippen LogP contribution in [0.5, 0.6) is 0 Å². The second-order valence-electron chi connectivity index (χ2n) is 3.52. The fourth-order valence-corrected chi connectivity index (χ4v) is 0.992. The molecule has 0 saturated heterocycles. The Labute approximate surface area is 88.3 Å². The highest BCUT2D eigenvalue weighted by Gasteiger charge is 2.18. The smallest absolute Gasteiger partial charge is 0.337 e. The van der Waals surface area contributed by atoms with E-state index in [1.807, 2.05) is 0 Å². The number of hydrogen-bond acceptors (Lipinski definition) is 3. The van der Waals surface area contributed by atoms with Gasteiger partial charge in [-0.05, 0) is 30.9 Å². The first-order valence-electron chi connectivity index (χ1n) is 4.83. The molecule has 4 nitrogen and oxygen atoms in total. The average molecular weight is 209 g/mol.